The van der Waals surface area contributed by atoms with Crippen LogP contribution in [0, 0.1) is 0 Å². The van der Waals surface area contributed by atoms with Gasteiger partial charge in [-0.25, -0.2) is 0 Å². The minimum absolute atomic E-state index is 0.453. The van der Waals surface area contributed by atoms with E-state index >= 15 is 0 Å². The van der Waals surface area contributed by atoms with E-state index in [1.165, 1.54) is 0 Å². The van der Waals surface area contributed by atoms with E-state index in [9.17, 15) is 0 Å². The summed E-state index contributed by atoms with van der Waals surface area (Å²) in [6.45, 7) is 29.9. The first-order chi connectivity index (χ1) is 7.00. The SMILES string of the molecule is C[C](C)(C)[Ge]([C](C)(C)C)([C](C)(C)C)[C](C)(C)C. The maximum absolute atomic E-state index is 2.49. The van der Waals surface area contributed by atoms with E-state index in [0.29, 0.717) is 17.0 Å². The van der Waals surface area contributed by atoms with Crippen molar-refractivity contribution in [2.45, 2.75) is 100 Å². The molecule has 0 bridgehead atoms. The van der Waals surface area contributed by atoms with Gasteiger partial charge in [0.15, 0.2) is 0 Å². The zero-order valence-corrected chi connectivity index (χ0v) is 16.6. The summed E-state index contributed by atoms with van der Waals surface area (Å²) in [4.78, 5) is 0. The Kier molecular flexibility index (Phi) is 4.42. The van der Waals surface area contributed by atoms with Gasteiger partial charge in [0.1, 0.15) is 0 Å². The van der Waals surface area contributed by atoms with Crippen LogP contribution in [0.2, 0.25) is 17.0 Å². The molecule has 0 radical (unpaired) electrons. The molecule has 1 heteroatoms. The topological polar surface area (TPSA) is 0 Å². The van der Waals surface area contributed by atoms with Crippen molar-refractivity contribution in [3.8, 4) is 0 Å². The van der Waals surface area contributed by atoms with Gasteiger partial charge in [0.05, 0.1) is 0 Å². The molecule has 17 heavy (non-hydrogen) atoms. The van der Waals surface area contributed by atoms with E-state index in [-0.39, 0.29) is 0 Å². The van der Waals surface area contributed by atoms with Crippen LogP contribution >= 0.6 is 0 Å². The van der Waals surface area contributed by atoms with Crippen LogP contribution in [0.25, 0.3) is 0 Å². The van der Waals surface area contributed by atoms with Crippen molar-refractivity contribution >= 4 is 13.3 Å². The molecule has 0 atom stereocenters. The average molecular weight is 301 g/mol. The van der Waals surface area contributed by atoms with Crippen LogP contribution in [0.4, 0.5) is 0 Å². The zero-order chi connectivity index (χ0) is 14.5. The summed E-state index contributed by atoms with van der Waals surface area (Å²) in [5.74, 6) is 0. The molecule has 0 aliphatic carbocycles. The Morgan fingerprint density at radius 1 is 0.353 bits per heavy atom. The molecule has 0 amide bonds. The van der Waals surface area contributed by atoms with Crippen LogP contribution < -0.4 is 0 Å². The first-order valence-electron chi connectivity index (χ1n) is 7.00. The molecule has 0 saturated heterocycles. The van der Waals surface area contributed by atoms with Gasteiger partial charge in [0, 0.05) is 0 Å². The van der Waals surface area contributed by atoms with Crippen LogP contribution in [-0.2, 0) is 0 Å². The number of hydrogen-bond acceptors (Lipinski definition) is 0. The molecule has 104 valence electrons. The van der Waals surface area contributed by atoms with E-state index in [1.807, 2.05) is 0 Å². The van der Waals surface area contributed by atoms with Crippen LogP contribution in [0.3, 0.4) is 0 Å². The molecule has 0 saturated carbocycles. The van der Waals surface area contributed by atoms with Crippen LogP contribution in [-0.4, -0.2) is 13.3 Å². The van der Waals surface area contributed by atoms with E-state index in [1.54, 1.807) is 0 Å². The van der Waals surface area contributed by atoms with Crippen molar-refractivity contribution in [1.82, 2.24) is 0 Å². The van der Waals surface area contributed by atoms with Gasteiger partial charge in [-0.05, 0) is 0 Å². The minimum atomic E-state index is -2.25. The molecule has 0 rings (SSSR count). The second-order valence-electron chi connectivity index (χ2n) is 9.75. The van der Waals surface area contributed by atoms with Crippen molar-refractivity contribution in [3.05, 3.63) is 0 Å². The molecule has 0 aromatic carbocycles. The van der Waals surface area contributed by atoms with Crippen molar-refractivity contribution in [2.24, 2.45) is 0 Å². The molecule has 0 unspecified atom stereocenters. The molecule has 0 aromatic rings. The molecule has 0 fully saturated rings. The Labute approximate surface area is 113 Å². The van der Waals surface area contributed by atoms with Crippen molar-refractivity contribution in [1.29, 1.82) is 0 Å². The van der Waals surface area contributed by atoms with Crippen LogP contribution in [0.1, 0.15) is 83.1 Å². The summed E-state index contributed by atoms with van der Waals surface area (Å²) in [6, 6.07) is 0. The van der Waals surface area contributed by atoms with Crippen molar-refractivity contribution in [3.63, 3.8) is 0 Å². The van der Waals surface area contributed by atoms with E-state index in [4.69, 9.17) is 0 Å². The van der Waals surface area contributed by atoms with Crippen LogP contribution in [0.5, 0.6) is 0 Å². The predicted octanol–water partition coefficient (Wildman–Crippen LogP) is 6.64. The normalized spacial score (nSPS) is 16.2. The molecule has 0 N–H and O–H groups in total. The summed E-state index contributed by atoms with van der Waals surface area (Å²) in [7, 11) is 0. The molecule has 0 aliphatic heterocycles. The van der Waals surface area contributed by atoms with Crippen LogP contribution in [0.15, 0.2) is 0 Å². The summed E-state index contributed by atoms with van der Waals surface area (Å²) in [5, 5.41) is 0. The Bertz CT molecular complexity index is 198. The molecule has 0 heterocycles. The van der Waals surface area contributed by atoms with Gasteiger partial charge >= 0.3 is 113 Å². The quantitative estimate of drug-likeness (QED) is 0.440. The third kappa shape index (κ3) is 2.62. The fourth-order valence-corrected chi connectivity index (χ4v) is 35.1. The fourth-order valence-electron chi connectivity index (χ4n) is 6.75. The van der Waals surface area contributed by atoms with Crippen molar-refractivity contribution < 1.29 is 0 Å². The Balaban J connectivity index is 6.37. The second kappa shape index (κ2) is 4.28. The molecule has 0 spiro atoms. The zero-order valence-electron chi connectivity index (χ0n) is 14.5. The molecule has 0 aromatic heterocycles. The molecule has 0 aliphatic rings. The Morgan fingerprint density at radius 2 is 0.471 bits per heavy atom. The van der Waals surface area contributed by atoms with Gasteiger partial charge in [-0.1, -0.05) is 0 Å². The van der Waals surface area contributed by atoms with E-state index in [0.717, 1.165) is 0 Å². The maximum atomic E-state index is 2.49. The Morgan fingerprint density at radius 3 is 0.471 bits per heavy atom. The van der Waals surface area contributed by atoms with Gasteiger partial charge in [-0.15, -0.1) is 0 Å². The average Bonchev–Trinajstić information content (AvgIpc) is 1.67. The standard InChI is InChI=1S/C16H36Ge/c1-13(2,3)17(14(4,5)6,15(7,8)9)16(10,11)12/h1-12H3. The first-order valence-corrected chi connectivity index (χ1v) is 11.2. The first kappa shape index (κ1) is 17.5. The fraction of sp³-hybridized carbons (Fsp3) is 1.00. The third-order valence-corrected chi connectivity index (χ3v) is 23.4. The predicted molar refractivity (Wildman–Crippen MR) is 84.6 cm³/mol. The van der Waals surface area contributed by atoms with Gasteiger partial charge in [0.25, 0.3) is 0 Å². The summed E-state index contributed by atoms with van der Waals surface area (Å²) < 4.78 is 1.81. The summed E-state index contributed by atoms with van der Waals surface area (Å²) >= 11 is -2.25. The third-order valence-electron chi connectivity index (χ3n) is 4.50. The second-order valence-corrected chi connectivity index (χ2v) is 25.5. The van der Waals surface area contributed by atoms with Gasteiger partial charge < -0.3 is 0 Å². The van der Waals surface area contributed by atoms with Gasteiger partial charge in [0.2, 0.25) is 0 Å². The van der Waals surface area contributed by atoms with Gasteiger partial charge in [-0.3, -0.25) is 0 Å². The summed E-state index contributed by atoms with van der Waals surface area (Å²) in [6.07, 6.45) is 0. The Hall–Kier alpha value is 0.543. The number of rotatable bonds is 0. The van der Waals surface area contributed by atoms with Gasteiger partial charge in [-0.2, -0.15) is 0 Å². The summed E-state index contributed by atoms with van der Waals surface area (Å²) in [5.41, 5.74) is 0. The van der Waals surface area contributed by atoms with E-state index in [2.05, 4.69) is 83.1 Å². The molecule has 0 nitrogen and oxygen atoms in total. The van der Waals surface area contributed by atoms with E-state index < -0.39 is 13.3 Å². The monoisotopic (exact) mass is 302 g/mol. The molecular formula is C16H36Ge. The van der Waals surface area contributed by atoms with Crippen molar-refractivity contribution in [2.75, 3.05) is 0 Å². The number of hydrogen-bond donors (Lipinski definition) is 0. The molecular weight excluding hydrogens is 265 g/mol.